The molecule has 0 amide bonds. The molecular formula is C9H8N2O2. The second kappa shape index (κ2) is 2.58. The van der Waals surface area contributed by atoms with Crippen molar-refractivity contribution in [1.82, 2.24) is 9.38 Å². The lowest BCUT2D eigenvalue weighted by Crippen LogP contribution is -2.00. The number of fused-ring (bicyclic) bond motifs is 1. The number of nitrogens with zero attached hydrogens (tertiary/aromatic N) is 1. The molecule has 0 aliphatic heterocycles. The summed E-state index contributed by atoms with van der Waals surface area (Å²) in [5.41, 5.74) is 1.89. The predicted octanol–water partition coefficient (Wildman–Crippen LogP) is 0.749. The average molecular weight is 176 g/mol. The molecule has 0 bridgehead atoms. The molecule has 2 aromatic rings. The third-order valence-corrected chi connectivity index (χ3v) is 2.00. The van der Waals surface area contributed by atoms with Crippen LogP contribution in [0.5, 0.6) is 0 Å². The van der Waals surface area contributed by atoms with Crippen molar-refractivity contribution in [2.45, 2.75) is 6.92 Å². The molecule has 4 nitrogen and oxygen atoms in total. The van der Waals surface area contributed by atoms with E-state index in [1.807, 2.05) is 0 Å². The number of imidazole rings is 1. The molecule has 0 radical (unpaired) electrons. The molecule has 1 N–H and O–H groups in total. The molecular weight excluding hydrogens is 168 g/mol. The van der Waals surface area contributed by atoms with Gasteiger partial charge in [0.1, 0.15) is 11.3 Å². The van der Waals surface area contributed by atoms with E-state index >= 15 is 0 Å². The fourth-order valence-electron chi connectivity index (χ4n) is 1.37. The molecule has 0 aromatic carbocycles. The number of aryl methyl sites for hydroxylation is 1. The summed E-state index contributed by atoms with van der Waals surface area (Å²) in [7, 11) is 0. The summed E-state index contributed by atoms with van der Waals surface area (Å²) < 4.78 is 1.66. The third kappa shape index (κ3) is 1.07. The quantitative estimate of drug-likeness (QED) is 0.652. The second-order valence-electron chi connectivity index (χ2n) is 2.87. The normalized spacial score (nSPS) is 10.5. The summed E-state index contributed by atoms with van der Waals surface area (Å²) in [5, 5.41) is 0. The van der Waals surface area contributed by atoms with E-state index in [-0.39, 0.29) is 5.43 Å². The number of aromatic nitrogens is 2. The zero-order valence-electron chi connectivity index (χ0n) is 7.07. The van der Waals surface area contributed by atoms with E-state index in [2.05, 4.69) is 4.98 Å². The van der Waals surface area contributed by atoms with E-state index in [0.29, 0.717) is 11.3 Å². The van der Waals surface area contributed by atoms with Gasteiger partial charge in [-0.3, -0.25) is 14.0 Å². The molecule has 0 fully saturated rings. The van der Waals surface area contributed by atoms with Crippen LogP contribution in [0.3, 0.4) is 0 Å². The Hall–Kier alpha value is -1.84. The van der Waals surface area contributed by atoms with E-state index in [1.54, 1.807) is 17.5 Å². The lowest BCUT2D eigenvalue weighted by Gasteiger charge is -1.92. The van der Waals surface area contributed by atoms with Gasteiger partial charge in [-0.25, -0.2) is 0 Å². The average Bonchev–Trinajstić information content (AvgIpc) is 2.39. The molecule has 0 atom stereocenters. The molecule has 2 heterocycles. The predicted molar refractivity (Wildman–Crippen MR) is 48.1 cm³/mol. The van der Waals surface area contributed by atoms with E-state index in [9.17, 15) is 9.59 Å². The fourth-order valence-corrected chi connectivity index (χ4v) is 1.37. The monoisotopic (exact) mass is 176 g/mol. The van der Waals surface area contributed by atoms with Crippen LogP contribution in [0, 0.1) is 6.92 Å². The first-order valence-corrected chi connectivity index (χ1v) is 3.88. The van der Waals surface area contributed by atoms with E-state index in [1.165, 1.54) is 12.1 Å². The number of nitrogens with one attached hydrogen (secondary N) is 1. The summed E-state index contributed by atoms with van der Waals surface area (Å²) in [5.74, 6) is 0. The highest BCUT2D eigenvalue weighted by Gasteiger charge is 2.04. The molecule has 13 heavy (non-hydrogen) atoms. The van der Waals surface area contributed by atoms with Gasteiger partial charge in [0.25, 0.3) is 0 Å². The van der Waals surface area contributed by atoms with Crippen LogP contribution >= 0.6 is 0 Å². The van der Waals surface area contributed by atoms with E-state index in [0.717, 1.165) is 12.0 Å². The number of aromatic amines is 1. The standard InChI is InChI=1S/C9H8N2O2/c1-6-8(5-12)11-3-2-7(13)4-9(11)10-6/h2-5,10H,1H3. The molecule has 0 aliphatic rings. The molecule has 66 valence electrons. The van der Waals surface area contributed by atoms with Gasteiger partial charge < -0.3 is 4.98 Å². The molecule has 0 aliphatic carbocycles. The van der Waals surface area contributed by atoms with Gasteiger partial charge in [-0.05, 0) is 6.92 Å². The minimum absolute atomic E-state index is 0.0706. The van der Waals surface area contributed by atoms with Crippen LogP contribution in [-0.2, 0) is 0 Å². The maximum absolute atomic E-state index is 11.0. The topological polar surface area (TPSA) is 54.3 Å². The maximum Gasteiger partial charge on any atom is 0.183 e. The van der Waals surface area contributed by atoms with Crippen molar-refractivity contribution in [3.05, 3.63) is 39.9 Å². The van der Waals surface area contributed by atoms with Crippen molar-refractivity contribution in [3.63, 3.8) is 0 Å². The molecule has 0 unspecified atom stereocenters. The fraction of sp³-hybridized carbons (Fsp3) is 0.111. The largest absolute Gasteiger partial charge is 0.343 e. The minimum Gasteiger partial charge on any atom is -0.343 e. The van der Waals surface area contributed by atoms with Gasteiger partial charge in [0.2, 0.25) is 0 Å². The summed E-state index contributed by atoms with van der Waals surface area (Å²) in [6.45, 7) is 1.79. The Balaban J connectivity index is 2.94. The van der Waals surface area contributed by atoms with Gasteiger partial charge in [-0.2, -0.15) is 0 Å². The number of hydrogen-bond donors (Lipinski definition) is 1. The Morgan fingerprint density at radius 3 is 3.00 bits per heavy atom. The van der Waals surface area contributed by atoms with Gasteiger partial charge in [0.05, 0.1) is 0 Å². The van der Waals surface area contributed by atoms with Gasteiger partial charge >= 0.3 is 0 Å². The van der Waals surface area contributed by atoms with Crippen molar-refractivity contribution in [3.8, 4) is 0 Å². The highest BCUT2D eigenvalue weighted by atomic mass is 16.1. The summed E-state index contributed by atoms with van der Waals surface area (Å²) in [4.78, 5) is 24.6. The number of carbonyl (C=O) groups excluding carboxylic acids is 1. The minimum atomic E-state index is -0.0706. The number of aldehydes is 1. The molecule has 0 saturated heterocycles. The van der Waals surface area contributed by atoms with Crippen LogP contribution in [0.1, 0.15) is 16.2 Å². The van der Waals surface area contributed by atoms with Crippen LogP contribution in [0.15, 0.2) is 23.1 Å². The third-order valence-electron chi connectivity index (χ3n) is 2.00. The van der Waals surface area contributed by atoms with Crippen LogP contribution in [0.4, 0.5) is 0 Å². The molecule has 4 heteroatoms. The first-order valence-electron chi connectivity index (χ1n) is 3.88. The van der Waals surface area contributed by atoms with Crippen LogP contribution < -0.4 is 5.43 Å². The number of rotatable bonds is 1. The van der Waals surface area contributed by atoms with Gasteiger partial charge in [0, 0.05) is 24.0 Å². The molecule has 0 spiro atoms. The number of hydrogen-bond acceptors (Lipinski definition) is 2. The van der Waals surface area contributed by atoms with E-state index < -0.39 is 0 Å². The van der Waals surface area contributed by atoms with Crippen LogP contribution in [-0.4, -0.2) is 15.7 Å². The molecule has 2 rings (SSSR count). The Bertz CT molecular complexity index is 522. The first-order chi connectivity index (χ1) is 6.22. The number of H-pyrrole nitrogens is 1. The summed E-state index contributed by atoms with van der Waals surface area (Å²) in [6, 6.07) is 2.88. The van der Waals surface area contributed by atoms with Crippen molar-refractivity contribution in [2.75, 3.05) is 0 Å². The number of pyridine rings is 1. The summed E-state index contributed by atoms with van der Waals surface area (Å²) in [6.07, 6.45) is 2.36. The van der Waals surface area contributed by atoms with E-state index in [4.69, 9.17) is 0 Å². The first kappa shape index (κ1) is 7.79. The lowest BCUT2D eigenvalue weighted by atomic mass is 10.4. The van der Waals surface area contributed by atoms with Crippen molar-refractivity contribution < 1.29 is 4.79 Å². The lowest BCUT2D eigenvalue weighted by molar-refractivity contribution is 0.111. The summed E-state index contributed by atoms with van der Waals surface area (Å²) >= 11 is 0. The molecule has 2 aromatic heterocycles. The zero-order chi connectivity index (χ0) is 9.42. The molecule has 0 saturated carbocycles. The van der Waals surface area contributed by atoms with Crippen molar-refractivity contribution >= 4 is 11.9 Å². The Labute approximate surface area is 73.8 Å². The second-order valence-corrected chi connectivity index (χ2v) is 2.87. The van der Waals surface area contributed by atoms with Crippen LogP contribution in [0.2, 0.25) is 0 Å². The highest BCUT2D eigenvalue weighted by Crippen LogP contribution is 2.06. The Kier molecular flexibility index (Phi) is 1.55. The Morgan fingerprint density at radius 2 is 2.31 bits per heavy atom. The highest BCUT2D eigenvalue weighted by molar-refractivity contribution is 5.76. The van der Waals surface area contributed by atoms with Crippen LogP contribution in [0.25, 0.3) is 5.65 Å². The smallest absolute Gasteiger partial charge is 0.183 e. The maximum atomic E-state index is 11.0. The van der Waals surface area contributed by atoms with Gasteiger partial charge in [0.15, 0.2) is 11.7 Å². The Morgan fingerprint density at radius 1 is 1.54 bits per heavy atom. The SMILES string of the molecule is Cc1[nH]c2cc(=O)ccn2c1C=O. The zero-order valence-corrected chi connectivity index (χ0v) is 7.07. The van der Waals surface area contributed by atoms with Gasteiger partial charge in [-0.1, -0.05) is 0 Å². The van der Waals surface area contributed by atoms with Crippen molar-refractivity contribution in [1.29, 1.82) is 0 Å². The number of carbonyl (C=O) groups is 1. The van der Waals surface area contributed by atoms with Crippen molar-refractivity contribution in [2.24, 2.45) is 0 Å². The van der Waals surface area contributed by atoms with Gasteiger partial charge in [-0.15, -0.1) is 0 Å².